The number of benzene rings is 1. The molecule has 0 bridgehead atoms. The van der Waals surface area contributed by atoms with E-state index in [-0.39, 0.29) is 25.0 Å². The van der Waals surface area contributed by atoms with E-state index in [0.717, 1.165) is 0 Å². The minimum Gasteiger partial charge on any atom is -0.448 e. The molecule has 21 heavy (non-hydrogen) atoms. The third-order valence-corrected chi connectivity index (χ3v) is 3.52. The predicted molar refractivity (Wildman–Crippen MR) is 75.2 cm³/mol. The van der Waals surface area contributed by atoms with E-state index in [2.05, 4.69) is 5.32 Å². The average Bonchev–Trinajstić information content (AvgIpc) is 2.86. The molecule has 0 saturated carbocycles. The van der Waals surface area contributed by atoms with Crippen molar-refractivity contribution in [2.45, 2.75) is 25.8 Å². The van der Waals surface area contributed by atoms with Crippen LogP contribution >= 0.6 is 0 Å². The van der Waals surface area contributed by atoms with Gasteiger partial charge in [0.2, 0.25) is 5.91 Å². The van der Waals surface area contributed by atoms with Crippen LogP contribution in [-0.4, -0.2) is 42.1 Å². The van der Waals surface area contributed by atoms with E-state index >= 15 is 0 Å². The molecule has 0 spiro atoms. The number of cyclic esters (lactones) is 1. The molecule has 1 heterocycles. The molecule has 2 rings (SSSR count). The summed E-state index contributed by atoms with van der Waals surface area (Å²) in [4.78, 5) is 25.0. The zero-order valence-corrected chi connectivity index (χ0v) is 12.2. The highest BCUT2D eigenvalue weighted by atomic mass is 19.1. The van der Waals surface area contributed by atoms with E-state index in [4.69, 9.17) is 4.74 Å². The lowest BCUT2D eigenvalue weighted by molar-refractivity contribution is -0.121. The van der Waals surface area contributed by atoms with Gasteiger partial charge in [0.05, 0.1) is 18.5 Å². The van der Waals surface area contributed by atoms with E-state index in [1.165, 1.54) is 6.07 Å². The summed E-state index contributed by atoms with van der Waals surface area (Å²) in [5.41, 5.74) is -0.188. The monoisotopic (exact) mass is 294 g/mol. The van der Waals surface area contributed by atoms with Gasteiger partial charge in [-0.2, -0.15) is 0 Å². The number of amides is 2. The average molecular weight is 294 g/mol. The van der Waals surface area contributed by atoms with Gasteiger partial charge < -0.3 is 10.1 Å². The van der Waals surface area contributed by atoms with Gasteiger partial charge in [-0.1, -0.05) is 18.2 Å². The second-order valence-corrected chi connectivity index (χ2v) is 5.62. The first kappa shape index (κ1) is 15.3. The topological polar surface area (TPSA) is 58.6 Å². The van der Waals surface area contributed by atoms with Gasteiger partial charge >= 0.3 is 6.09 Å². The maximum Gasteiger partial charge on any atom is 0.410 e. The highest BCUT2D eigenvalue weighted by Crippen LogP contribution is 2.18. The summed E-state index contributed by atoms with van der Waals surface area (Å²) in [5, 5.41) is 2.74. The molecule has 114 valence electrons. The number of halogens is 1. The molecular formula is C15H19FN2O3. The lowest BCUT2D eigenvalue weighted by Gasteiger charge is -2.33. The summed E-state index contributed by atoms with van der Waals surface area (Å²) in [5.74, 6) is -0.671. The van der Waals surface area contributed by atoms with Gasteiger partial charge in [-0.15, -0.1) is 0 Å². The number of nitrogens with one attached hydrogen (secondary N) is 1. The van der Waals surface area contributed by atoms with Gasteiger partial charge in [0.1, 0.15) is 12.4 Å². The van der Waals surface area contributed by atoms with Crippen molar-refractivity contribution < 1.29 is 18.7 Å². The Balaban J connectivity index is 1.89. The molecule has 0 radical (unpaired) electrons. The molecule has 0 aromatic heterocycles. The third kappa shape index (κ3) is 3.71. The smallest absolute Gasteiger partial charge is 0.410 e. The second-order valence-electron chi connectivity index (χ2n) is 5.62. The Hall–Kier alpha value is -2.11. The number of hydrogen-bond donors (Lipinski definition) is 1. The first-order valence-corrected chi connectivity index (χ1v) is 6.85. The predicted octanol–water partition coefficient (Wildman–Crippen LogP) is 1.72. The third-order valence-electron chi connectivity index (χ3n) is 3.52. The van der Waals surface area contributed by atoms with Crippen LogP contribution in [0.5, 0.6) is 0 Å². The number of carbonyl (C=O) groups is 2. The maximum absolute atomic E-state index is 13.5. The van der Waals surface area contributed by atoms with Gasteiger partial charge in [-0.25, -0.2) is 9.18 Å². The molecule has 1 aliphatic heterocycles. The number of rotatable bonds is 5. The first-order valence-electron chi connectivity index (χ1n) is 6.85. The van der Waals surface area contributed by atoms with Gasteiger partial charge in [-0.3, -0.25) is 9.69 Å². The van der Waals surface area contributed by atoms with Crippen molar-refractivity contribution >= 4 is 12.0 Å². The summed E-state index contributed by atoms with van der Waals surface area (Å²) in [6, 6.07) is 6.18. The van der Waals surface area contributed by atoms with Crippen molar-refractivity contribution in [1.29, 1.82) is 0 Å². The molecule has 2 amide bonds. The lowest BCUT2D eigenvalue weighted by Crippen LogP contribution is -2.52. The van der Waals surface area contributed by atoms with Gasteiger partial charge in [0.25, 0.3) is 0 Å². The number of nitrogens with zero attached hydrogens (tertiary/aromatic N) is 1. The zero-order chi connectivity index (χ0) is 15.5. The van der Waals surface area contributed by atoms with Crippen molar-refractivity contribution in [3.63, 3.8) is 0 Å². The van der Waals surface area contributed by atoms with E-state index in [0.29, 0.717) is 18.7 Å². The molecule has 1 N–H and O–H groups in total. The minimum atomic E-state index is -0.543. The quantitative estimate of drug-likeness (QED) is 0.899. The fourth-order valence-electron chi connectivity index (χ4n) is 2.23. The van der Waals surface area contributed by atoms with Crippen LogP contribution in [-0.2, 0) is 16.0 Å². The summed E-state index contributed by atoms with van der Waals surface area (Å²) < 4.78 is 18.4. The van der Waals surface area contributed by atoms with Crippen LogP contribution in [0.15, 0.2) is 24.3 Å². The Morgan fingerprint density at radius 2 is 2.14 bits per heavy atom. The first-order chi connectivity index (χ1) is 9.90. The van der Waals surface area contributed by atoms with Crippen LogP contribution in [0, 0.1) is 5.82 Å². The van der Waals surface area contributed by atoms with Gasteiger partial charge in [0.15, 0.2) is 0 Å². The van der Waals surface area contributed by atoms with E-state index in [9.17, 15) is 14.0 Å². The fourth-order valence-corrected chi connectivity index (χ4v) is 2.23. The van der Waals surface area contributed by atoms with Crippen molar-refractivity contribution in [3.05, 3.63) is 35.6 Å². The fraction of sp³-hybridized carbons (Fsp3) is 0.467. The molecule has 0 atom stereocenters. The second kappa shape index (κ2) is 6.11. The van der Waals surface area contributed by atoms with Crippen molar-refractivity contribution in [2.24, 2.45) is 0 Å². The molecule has 6 heteroatoms. The van der Waals surface area contributed by atoms with E-state index in [1.54, 1.807) is 23.1 Å². The molecule has 1 saturated heterocycles. The standard InChI is InChI=1S/C15H19FN2O3/c1-15(2,18-7-8-21-14(18)20)10-17-13(19)9-11-5-3-4-6-12(11)16/h3-6H,7-10H2,1-2H3,(H,17,19). The number of carbonyl (C=O) groups excluding carboxylic acids is 2. The Bertz CT molecular complexity index is 545. The van der Waals surface area contributed by atoms with Gasteiger partial charge in [-0.05, 0) is 25.5 Å². The molecule has 1 fully saturated rings. The summed E-state index contributed by atoms with van der Waals surface area (Å²) in [6.45, 7) is 4.86. The van der Waals surface area contributed by atoms with Crippen LogP contribution in [0.1, 0.15) is 19.4 Å². The van der Waals surface area contributed by atoms with Crippen molar-refractivity contribution in [3.8, 4) is 0 Å². The Morgan fingerprint density at radius 3 is 2.76 bits per heavy atom. The molecule has 1 aromatic rings. The van der Waals surface area contributed by atoms with Crippen LogP contribution in [0.3, 0.4) is 0 Å². The van der Waals surface area contributed by atoms with Crippen LogP contribution in [0.4, 0.5) is 9.18 Å². The molecule has 0 unspecified atom stereocenters. The summed E-state index contributed by atoms with van der Waals surface area (Å²) in [6.07, 6.45) is -0.393. The summed E-state index contributed by atoms with van der Waals surface area (Å²) >= 11 is 0. The molecular weight excluding hydrogens is 275 g/mol. The maximum atomic E-state index is 13.5. The zero-order valence-electron chi connectivity index (χ0n) is 12.2. The molecule has 0 aliphatic carbocycles. The highest BCUT2D eigenvalue weighted by Gasteiger charge is 2.35. The molecule has 5 nitrogen and oxygen atoms in total. The van der Waals surface area contributed by atoms with Crippen LogP contribution in [0.25, 0.3) is 0 Å². The van der Waals surface area contributed by atoms with Crippen LogP contribution in [0.2, 0.25) is 0 Å². The lowest BCUT2D eigenvalue weighted by atomic mass is 10.0. The Kier molecular flexibility index (Phi) is 4.45. The van der Waals surface area contributed by atoms with E-state index < -0.39 is 11.4 Å². The summed E-state index contributed by atoms with van der Waals surface area (Å²) in [7, 11) is 0. The van der Waals surface area contributed by atoms with Crippen molar-refractivity contribution in [2.75, 3.05) is 19.7 Å². The van der Waals surface area contributed by atoms with Crippen molar-refractivity contribution in [1.82, 2.24) is 10.2 Å². The van der Waals surface area contributed by atoms with Gasteiger partial charge in [0, 0.05) is 6.54 Å². The largest absolute Gasteiger partial charge is 0.448 e. The highest BCUT2D eigenvalue weighted by molar-refractivity contribution is 5.78. The molecule has 1 aromatic carbocycles. The minimum absolute atomic E-state index is 0.0206. The Morgan fingerprint density at radius 1 is 1.43 bits per heavy atom. The Labute approximate surface area is 123 Å². The SMILES string of the molecule is CC(C)(CNC(=O)Cc1ccccc1F)N1CCOC1=O. The van der Waals surface area contributed by atoms with Crippen LogP contribution < -0.4 is 5.32 Å². The van der Waals surface area contributed by atoms with E-state index in [1.807, 2.05) is 13.8 Å². The number of hydrogen-bond acceptors (Lipinski definition) is 3. The number of ether oxygens (including phenoxy) is 1. The molecule has 1 aliphatic rings. The normalized spacial score (nSPS) is 15.0.